The maximum Gasteiger partial charge on any atom is 0.261 e. The Kier molecular flexibility index (Phi) is 4.70. The Hall–Kier alpha value is -1.07. The number of hydrogen-bond donors (Lipinski definition) is 1. The van der Waals surface area contributed by atoms with Crippen molar-refractivity contribution >= 4 is 25.6 Å². The quantitative estimate of drug-likeness (QED) is 0.869. The number of carbonyl (C=O) groups excluding carboxylic acids is 1. The standard InChI is InChI=1S/C14H18ClNO3S/c1-2-10-7-8-11(9-13(10)20(15,18)19)14(17)16-12-5-3-4-6-12/h7-9,12H,2-6H2,1H3,(H,16,17). The molecule has 1 saturated carbocycles. The van der Waals surface area contributed by atoms with Crippen molar-refractivity contribution in [3.8, 4) is 0 Å². The van der Waals surface area contributed by atoms with Gasteiger partial charge in [-0.1, -0.05) is 25.8 Å². The summed E-state index contributed by atoms with van der Waals surface area (Å²) >= 11 is 0. The van der Waals surface area contributed by atoms with E-state index in [1.165, 1.54) is 6.07 Å². The molecule has 0 spiro atoms. The number of benzene rings is 1. The van der Waals surface area contributed by atoms with E-state index in [-0.39, 0.29) is 16.8 Å². The van der Waals surface area contributed by atoms with Gasteiger partial charge in [0, 0.05) is 22.3 Å². The fourth-order valence-electron chi connectivity index (χ4n) is 2.55. The van der Waals surface area contributed by atoms with E-state index in [1.54, 1.807) is 12.1 Å². The molecule has 0 atom stereocenters. The van der Waals surface area contributed by atoms with Crippen LogP contribution in [0.15, 0.2) is 23.1 Å². The number of rotatable bonds is 4. The van der Waals surface area contributed by atoms with Crippen LogP contribution in [0.5, 0.6) is 0 Å². The van der Waals surface area contributed by atoms with Gasteiger partial charge in [-0.25, -0.2) is 8.42 Å². The molecule has 1 aromatic carbocycles. The van der Waals surface area contributed by atoms with E-state index in [2.05, 4.69) is 5.32 Å². The predicted octanol–water partition coefficient (Wildman–Crippen LogP) is 2.85. The normalized spacial score (nSPS) is 16.3. The molecule has 6 heteroatoms. The SMILES string of the molecule is CCc1ccc(C(=O)NC2CCCC2)cc1S(=O)(=O)Cl. The summed E-state index contributed by atoms with van der Waals surface area (Å²) in [6, 6.07) is 4.86. The smallest absolute Gasteiger partial charge is 0.261 e. The number of aryl methyl sites for hydroxylation is 1. The summed E-state index contributed by atoms with van der Waals surface area (Å²) in [6.07, 6.45) is 4.77. The van der Waals surface area contributed by atoms with Gasteiger partial charge in [0.05, 0.1) is 4.90 Å². The van der Waals surface area contributed by atoms with E-state index in [0.717, 1.165) is 25.7 Å². The Labute approximate surface area is 123 Å². The molecule has 0 aromatic heterocycles. The van der Waals surface area contributed by atoms with Crippen LogP contribution in [0.1, 0.15) is 48.5 Å². The lowest BCUT2D eigenvalue weighted by atomic mass is 10.1. The Morgan fingerprint density at radius 2 is 2.00 bits per heavy atom. The van der Waals surface area contributed by atoms with E-state index in [4.69, 9.17) is 10.7 Å². The zero-order valence-electron chi connectivity index (χ0n) is 11.4. The summed E-state index contributed by atoms with van der Waals surface area (Å²) in [6.45, 7) is 1.85. The molecule has 1 aliphatic rings. The summed E-state index contributed by atoms with van der Waals surface area (Å²) in [4.78, 5) is 12.2. The maximum absolute atomic E-state index is 12.1. The number of carbonyl (C=O) groups is 1. The minimum Gasteiger partial charge on any atom is -0.349 e. The average Bonchev–Trinajstić information content (AvgIpc) is 2.89. The summed E-state index contributed by atoms with van der Waals surface area (Å²) in [5, 5.41) is 2.93. The van der Waals surface area contributed by atoms with Crippen LogP contribution < -0.4 is 5.32 Å². The van der Waals surface area contributed by atoms with Gasteiger partial charge >= 0.3 is 0 Å². The number of halogens is 1. The van der Waals surface area contributed by atoms with Gasteiger partial charge in [-0.15, -0.1) is 0 Å². The van der Waals surface area contributed by atoms with Crippen molar-refractivity contribution in [1.82, 2.24) is 5.32 Å². The van der Waals surface area contributed by atoms with E-state index in [9.17, 15) is 13.2 Å². The third kappa shape index (κ3) is 3.52. The minimum atomic E-state index is -3.84. The first-order valence-corrected chi connectivity index (χ1v) is 9.11. The van der Waals surface area contributed by atoms with Gasteiger partial charge in [-0.3, -0.25) is 4.79 Å². The Morgan fingerprint density at radius 1 is 1.35 bits per heavy atom. The molecule has 1 aliphatic carbocycles. The number of hydrogen-bond acceptors (Lipinski definition) is 3. The summed E-state index contributed by atoms with van der Waals surface area (Å²) in [7, 11) is 1.59. The van der Waals surface area contributed by atoms with Gasteiger partial charge in [-0.2, -0.15) is 0 Å². The average molecular weight is 316 g/mol. The summed E-state index contributed by atoms with van der Waals surface area (Å²) in [5.74, 6) is -0.235. The van der Waals surface area contributed by atoms with Crippen LogP contribution in [0, 0.1) is 0 Å². The predicted molar refractivity (Wildman–Crippen MR) is 78.6 cm³/mol. The van der Waals surface area contributed by atoms with Crippen LogP contribution >= 0.6 is 10.7 Å². The fraction of sp³-hybridized carbons (Fsp3) is 0.500. The molecule has 0 radical (unpaired) electrons. The molecule has 0 unspecified atom stereocenters. The van der Waals surface area contributed by atoms with Crippen molar-refractivity contribution in [3.05, 3.63) is 29.3 Å². The van der Waals surface area contributed by atoms with Crippen LogP contribution in [-0.2, 0) is 15.5 Å². The van der Waals surface area contributed by atoms with Crippen LogP contribution in [0.2, 0.25) is 0 Å². The molecule has 0 heterocycles. The molecule has 1 aromatic rings. The van der Waals surface area contributed by atoms with Crippen molar-refractivity contribution < 1.29 is 13.2 Å². The van der Waals surface area contributed by atoms with E-state index in [0.29, 0.717) is 17.5 Å². The van der Waals surface area contributed by atoms with Gasteiger partial charge < -0.3 is 5.32 Å². The molecule has 2 rings (SSSR count). The topological polar surface area (TPSA) is 63.2 Å². The molecule has 0 aliphatic heterocycles. The second kappa shape index (κ2) is 6.14. The van der Waals surface area contributed by atoms with Crippen LogP contribution in [0.3, 0.4) is 0 Å². The van der Waals surface area contributed by atoms with E-state index in [1.807, 2.05) is 6.92 Å². The monoisotopic (exact) mass is 315 g/mol. The van der Waals surface area contributed by atoms with E-state index < -0.39 is 9.05 Å². The lowest BCUT2D eigenvalue weighted by molar-refractivity contribution is 0.0937. The first-order valence-electron chi connectivity index (χ1n) is 6.80. The van der Waals surface area contributed by atoms with Crippen LogP contribution in [0.4, 0.5) is 0 Å². The van der Waals surface area contributed by atoms with Crippen molar-refractivity contribution in [2.45, 2.75) is 50.0 Å². The molecule has 1 fully saturated rings. The van der Waals surface area contributed by atoms with Gasteiger partial charge in [0.15, 0.2) is 0 Å². The van der Waals surface area contributed by atoms with Crippen molar-refractivity contribution in [3.63, 3.8) is 0 Å². The Balaban J connectivity index is 2.26. The molecule has 1 N–H and O–H groups in total. The van der Waals surface area contributed by atoms with Crippen molar-refractivity contribution in [2.24, 2.45) is 0 Å². The number of nitrogens with one attached hydrogen (secondary N) is 1. The molecule has 0 bridgehead atoms. The highest BCUT2D eigenvalue weighted by Crippen LogP contribution is 2.23. The highest BCUT2D eigenvalue weighted by molar-refractivity contribution is 8.13. The van der Waals surface area contributed by atoms with Crippen LogP contribution in [0.25, 0.3) is 0 Å². The lowest BCUT2D eigenvalue weighted by Gasteiger charge is -2.13. The Bertz CT molecular complexity index is 607. The van der Waals surface area contributed by atoms with Crippen molar-refractivity contribution in [1.29, 1.82) is 0 Å². The molecule has 20 heavy (non-hydrogen) atoms. The van der Waals surface area contributed by atoms with Gasteiger partial charge in [0.1, 0.15) is 0 Å². The largest absolute Gasteiger partial charge is 0.349 e. The fourth-order valence-corrected chi connectivity index (χ4v) is 3.78. The summed E-state index contributed by atoms with van der Waals surface area (Å²) < 4.78 is 23.1. The van der Waals surface area contributed by atoms with Gasteiger partial charge in [-0.05, 0) is 37.0 Å². The lowest BCUT2D eigenvalue weighted by Crippen LogP contribution is -2.32. The van der Waals surface area contributed by atoms with Crippen molar-refractivity contribution in [2.75, 3.05) is 0 Å². The van der Waals surface area contributed by atoms with E-state index >= 15 is 0 Å². The Morgan fingerprint density at radius 3 is 2.55 bits per heavy atom. The zero-order chi connectivity index (χ0) is 14.8. The molecule has 0 saturated heterocycles. The second-order valence-corrected chi connectivity index (χ2v) is 7.60. The first kappa shape index (κ1) is 15.3. The van der Waals surface area contributed by atoms with Gasteiger partial charge in [0.2, 0.25) is 0 Å². The second-order valence-electron chi connectivity index (χ2n) is 5.07. The molecular formula is C14H18ClNO3S. The number of amides is 1. The minimum absolute atomic E-state index is 0.0285. The first-order chi connectivity index (χ1) is 9.41. The zero-order valence-corrected chi connectivity index (χ0v) is 12.9. The molecule has 110 valence electrons. The van der Waals surface area contributed by atoms with Crippen LogP contribution in [-0.4, -0.2) is 20.4 Å². The highest BCUT2D eigenvalue weighted by atomic mass is 35.7. The summed E-state index contributed by atoms with van der Waals surface area (Å²) in [5.41, 5.74) is 0.964. The molecule has 4 nitrogen and oxygen atoms in total. The van der Waals surface area contributed by atoms with Gasteiger partial charge in [0.25, 0.3) is 15.0 Å². The molecular weight excluding hydrogens is 298 g/mol. The molecule has 1 amide bonds. The maximum atomic E-state index is 12.1. The highest BCUT2D eigenvalue weighted by Gasteiger charge is 2.21. The third-order valence-corrected chi connectivity index (χ3v) is 5.07. The third-order valence-electron chi connectivity index (χ3n) is 3.66.